The van der Waals surface area contributed by atoms with Crippen molar-refractivity contribution in [2.24, 2.45) is 5.92 Å². The molecule has 1 aromatic rings. The molecule has 0 fully saturated rings. The zero-order chi connectivity index (χ0) is 14.3. The van der Waals surface area contributed by atoms with Gasteiger partial charge in [0.25, 0.3) is 0 Å². The summed E-state index contributed by atoms with van der Waals surface area (Å²) in [6, 6.07) is 3.81. The number of methoxy groups -OCH3 is 1. The smallest absolute Gasteiger partial charge is 0.175 e. The molecule has 0 aliphatic carbocycles. The third-order valence-corrected chi connectivity index (χ3v) is 3.27. The van der Waals surface area contributed by atoms with Crippen LogP contribution in [-0.2, 0) is 10.6 Å². The van der Waals surface area contributed by atoms with Gasteiger partial charge in [-0.05, 0) is 39.5 Å². The third kappa shape index (κ3) is 5.59. The van der Waals surface area contributed by atoms with Crippen molar-refractivity contribution in [2.75, 3.05) is 26.9 Å². The monoisotopic (exact) mass is 350 g/mol. The number of hydrogen-bond acceptors (Lipinski definition) is 3. The van der Waals surface area contributed by atoms with Gasteiger partial charge in [0.15, 0.2) is 11.5 Å². The van der Waals surface area contributed by atoms with Gasteiger partial charge in [-0.2, -0.15) is 0 Å². The van der Waals surface area contributed by atoms with Gasteiger partial charge in [-0.25, -0.2) is 0 Å². The van der Waals surface area contributed by atoms with E-state index in [0.29, 0.717) is 36.5 Å². The maximum atomic E-state index is 5.82. The van der Waals surface area contributed by atoms with Crippen LogP contribution in [0.4, 0.5) is 0 Å². The first kappa shape index (κ1) is 16.6. The Bertz CT molecular complexity index is 397. The highest BCUT2D eigenvalue weighted by Crippen LogP contribution is 2.36. The number of hydrogen-bond donors (Lipinski definition) is 0. The summed E-state index contributed by atoms with van der Waals surface area (Å²) in [4.78, 5) is 0. The Labute approximate surface area is 128 Å². The maximum absolute atomic E-state index is 5.82. The predicted octanol–water partition coefficient (Wildman–Crippen LogP) is 4.25. The van der Waals surface area contributed by atoms with E-state index in [-0.39, 0.29) is 0 Å². The van der Waals surface area contributed by atoms with Crippen molar-refractivity contribution < 1.29 is 14.2 Å². The molecule has 1 rings (SSSR count). The van der Waals surface area contributed by atoms with Crippen LogP contribution in [0, 0.1) is 5.92 Å². The summed E-state index contributed by atoms with van der Waals surface area (Å²) >= 11 is 9.29. The fourth-order valence-electron chi connectivity index (χ4n) is 1.51. The highest BCUT2D eigenvalue weighted by atomic mass is 79.9. The Morgan fingerprint density at radius 3 is 2.58 bits per heavy atom. The zero-order valence-corrected chi connectivity index (χ0v) is 13.9. The lowest BCUT2D eigenvalue weighted by molar-refractivity contribution is 0.0808. The van der Waals surface area contributed by atoms with Gasteiger partial charge in [-0.3, -0.25) is 0 Å². The summed E-state index contributed by atoms with van der Waals surface area (Å²) in [5.74, 6) is 2.33. The summed E-state index contributed by atoms with van der Waals surface area (Å²) in [5, 5.41) is 0. The average molecular weight is 352 g/mol. The largest absolute Gasteiger partial charge is 0.493 e. The minimum atomic E-state index is 0.437. The number of halogens is 2. The topological polar surface area (TPSA) is 27.7 Å². The molecule has 3 nitrogen and oxygen atoms in total. The first-order valence-corrected chi connectivity index (χ1v) is 7.54. The van der Waals surface area contributed by atoms with Crippen molar-refractivity contribution in [1.29, 1.82) is 0 Å². The number of benzene rings is 1. The highest BCUT2D eigenvalue weighted by molar-refractivity contribution is 9.10. The van der Waals surface area contributed by atoms with E-state index in [9.17, 15) is 0 Å². The van der Waals surface area contributed by atoms with Crippen LogP contribution in [-0.4, -0.2) is 26.9 Å². The Morgan fingerprint density at radius 2 is 2.00 bits per heavy atom. The van der Waals surface area contributed by atoms with Gasteiger partial charge in [0.2, 0.25) is 0 Å². The molecule has 0 aromatic heterocycles. The Kier molecular flexibility index (Phi) is 7.57. The van der Waals surface area contributed by atoms with Crippen molar-refractivity contribution in [3.63, 3.8) is 0 Å². The zero-order valence-electron chi connectivity index (χ0n) is 11.5. The quantitative estimate of drug-likeness (QED) is 0.518. The van der Waals surface area contributed by atoms with Crippen LogP contribution in [0.2, 0.25) is 0 Å². The van der Waals surface area contributed by atoms with Crippen molar-refractivity contribution in [2.45, 2.75) is 19.7 Å². The van der Waals surface area contributed by atoms with Crippen LogP contribution in [0.5, 0.6) is 11.5 Å². The Balaban J connectivity index is 2.57. The molecule has 0 radical (unpaired) electrons. The molecule has 19 heavy (non-hydrogen) atoms. The van der Waals surface area contributed by atoms with Crippen LogP contribution in [0.15, 0.2) is 16.6 Å². The second-order valence-electron chi connectivity index (χ2n) is 4.56. The summed E-state index contributed by atoms with van der Waals surface area (Å²) in [6.45, 7) is 6.02. The van der Waals surface area contributed by atoms with Gasteiger partial charge in [0.05, 0.1) is 18.2 Å². The molecule has 0 aliphatic heterocycles. The van der Waals surface area contributed by atoms with Crippen molar-refractivity contribution in [3.8, 4) is 11.5 Å². The summed E-state index contributed by atoms with van der Waals surface area (Å²) in [6.07, 6.45) is 0. The average Bonchev–Trinajstić information content (AvgIpc) is 2.38. The standard InChI is InChI=1S/C14H20BrClO3/c1-10(2)9-18-4-5-19-14-12(15)6-11(8-16)7-13(14)17-3/h6-7,10H,4-5,8-9H2,1-3H3. The first-order chi connectivity index (χ1) is 9.08. The van der Waals surface area contributed by atoms with E-state index < -0.39 is 0 Å². The van der Waals surface area contributed by atoms with Gasteiger partial charge < -0.3 is 14.2 Å². The summed E-state index contributed by atoms with van der Waals surface area (Å²) in [7, 11) is 1.61. The first-order valence-electron chi connectivity index (χ1n) is 6.21. The molecule has 108 valence electrons. The molecule has 0 atom stereocenters. The van der Waals surface area contributed by atoms with Gasteiger partial charge >= 0.3 is 0 Å². The third-order valence-electron chi connectivity index (χ3n) is 2.37. The van der Waals surface area contributed by atoms with Crippen molar-refractivity contribution in [3.05, 3.63) is 22.2 Å². The fourth-order valence-corrected chi connectivity index (χ4v) is 2.27. The molecular weight excluding hydrogens is 332 g/mol. The molecule has 0 spiro atoms. The van der Waals surface area contributed by atoms with E-state index in [1.165, 1.54) is 0 Å². The van der Waals surface area contributed by atoms with Crippen LogP contribution < -0.4 is 9.47 Å². The minimum Gasteiger partial charge on any atom is -0.493 e. The summed E-state index contributed by atoms with van der Waals surface area (Å²) < 4.78 is 17.3. The van der Waals surface area contributed by atoms with Crippen molar-refractivity contribution >= 4 is 27.5 Å². The number of alkyl halides is 1. The number of ether oxygens (including phenoxy) is 3. The van der Waals surface area contributed by atoms with Gasteiger partial charge in [-0.1, -0.05) is 13.8 Å². The SMILES string of the molecule is COc1cc(CCl)cc(Br)c1OCCOCC(C)C. The normalized spacial score (nSPS) is 10.8. The van der Waals surface area contributed by atoms with E-state index in [1.54, 1.807) is 7.11 Å². The Morgan fingerprint density at radius 1 is 1.26 bits per heavy atom. The van der Waals surface area contributed by atoms with Crippen molar-refractivity contribution in [1.82, 2.24) is 0 Å². The second kappa shape index (κ2) is 8.67. The van der Waals surface area contributed by atoms with Crippen LogP contribution in [0.3, 0.4) is 0 Å². The molecule has 0 N–H and O–H groups in total. The van der Waals surface area contributed by atoms with Crippen LogP contribution in [0.1, 0.15) is 19.4 Å². The molecule has 5 heteroatoms. The van der Waals surface area contributed by atoms with E-state index >= 15 is 0 Å². The van der Waals surface area contributed by atoms with E-state index in [0.717, 1.165) is 16.6 Å². The molecule has 0 aliphatic rings. The molecule has 0 saturated carbocycles. The Hall–Kier alpha value is -0.450. The van der Waals surface area contributed by atoms with Crippen LogP contribution in [0.25, 0.3) is 0 Å². The number of rotatable bonds is 8. The van der Waals surface area contributed by atoms with Crippen LogP contribution >= 0.6 is 27.5 Å². The minimum absolute atomic E-state index is 0.437. The molecule has 0 bridgehead atoms. The lowest BCUT2D eigenvalue weighted by atomic mass is 10.2. The molecule has 1 aromatic carbocycles. The van der Waals surface area contributed by atoms with E-state index in [1.807, 2.05) is 12.1 Å². The van der Waals surface area contributed by atoms with Gasteiger partial charge in [0, 0.05) is 12.5 Å². The van der Waals surface area contributed by atoms with E-state index in [4.69, 9.17) is 25.8 Å². The van der Waals surface area contributed by atoms with Gasteiger partial charge in [-0.15, -0.1) is 11.6 Å². The molecule has 0 saturated heterocycles. The molecule has 0 heterocycles. The lowest BCUT2D eigenvalue weighted by Gasteiger charge is -2.14. The lowest BCUT2D eigenvalue weighted by Crippen LogP contribution is -2.11. The second-order valence-corrected chi connectivity index (χ2v) is 5.68. The fraction of sp³-hybridized carbons (Fsp3) is 0.571. The maximum Gasteiger partial charge on any atom is 0.175 e. The molecular formula is C14H20BrClO3. The molecule has 0 amide bonds. The highest BCUT2D eigenvalue weighted by Gasteiger charge is 2.11. The molecule has 0 unspecified atom stereocenters. The van der Waals surface area contributed by atoms with E-state index in [2.05, 4.69) is 29.8 Å². The van der Waals surface area contributed by atoms with Gasteiger partial charge in [0.1, 0.15) is 6.61 Å². The summed E-state index contributed by atoms with van der Waals surface area (Å²) in [5.41, 5.74) is 0.980. The predicted molar refractivity (Wildman–Crippen MR) is 81.4 cm³/mol.